The summed E-state index contributed by atoms with van der Waals surface area (Å²) in [6, 6.07) is 6.04. The van der Waals surface area contributed by atoms with Crippen molar-refractivity contribution in [2.75, 3.05) is 0 Å². The SMILES string of the molecule is Cc1cc(Br)oc1C(=O)NCc1ccc(F)c(CO)c1. The van der Waals surface area contributed by atoms with E-state index in [9.17, 15) is 9.18 Å². The molecular formula is C14H13BrFNO3. The number of hydrogen-bond acceptors (Lipinski definition) is 3. The molecule has 2 N–H and O–H groups in total. The van der Waals surface area contributed by atoms with Gasteiger partial charge in [0.2, 0.25) is 0 Å². The molecule has 4 nitrogen and oxygen atoms in total. The number of aliphatic hydroxyl groups excluding tert-OH is 1. The molecule has 106 valence electrons. The van der Waals surface area contributed by atoms with Crippen molar-refractivity contribution in [2.45, 2.75) is 20.1 Å². The number of benzene rings is 1. The predicted molar refractivity (Wildman–Crippen MR) is 74.6 cm³/mol. The number of aryl methyl sites for hydroxylation is 1. The van der Waals surface area contributed by atoms with Crippen LogP contribution in [0.15, 0.2) is 33.4 Å². The molecule has 2 aromatic rings. The molecule has 1 amide bonds. The number of carbonyl (C=O) groups excluding carboxylic acids is 1. The zero-order valence-electron chi connectivity index (χ0n) is 10.7. The summed E-state index contributed by atoms with van der Waals surface area (Å²) in [5.74, 6) is -0.571. The molecule has 6 heteroatoms. The molecule has 0 saturated heterocycles. The molecular weight excluding hydrogens is 329 g/mol. The van der Waals surface area contributed by atoms with Crippen LogP contribution in [0.25, 0.3) is 0 Å². The van der Waals surface area contributed by atoms with Crippen LogP contribution < -0.4 is 5.32 Å². The molecule has 0 fully saturated rings. The highest BCUT2D eigenvalue weighted by atomic mass is 79.9. The van der Waals surface area contributed by atoms with Crippen molar-refractivity contribution in [1.29, 1.82) is 0 Å². The summed E-state index contributed by atoms with van der Waals surface area (Å²) in [6.45, 7) is 1.62. The van der Waals surface area contributed by atoms with Crippen LogP contribution in [0, 0.1) is 12.7 Å². The van der Waals surface area contributed by atoms with Crippen molar-refractivity contribution in [3.63, 3.8) is 0 Å². The minimum Gasteiger partial charge on any atom is -0.444 e. The highest BCUT2D eigenvalue weighted by molar-refractivity contribution is 9.10. The zero-order valence-corrected chi connectivity index (χ0v) is 12.3. The number of rotatable bonds is 4. The van der Waals surface area contributed by atoms with E-state index in [0.717, 1.165) is 5.56 Å². The molecule has 0 bridgehead atoms. The smallest absolute Gasteiger partial charge is 0.287 e. The van der Waals surface area contributed by atoms with Gasteiger partial charge in [0.15, 0.2) is 10.4 Å². The van der Waals surface area contributed by atoms with E-state index in [1.165, 1.54) is 12.1 Å². The van der Waals surface area contributed by atoms with Gasteiger partial charge in [-0.15, -0.1) is 0 Å². The number of halogens is 2. The van der Waals surface area contributed by atoms with E-state index in [-0.39, 0.29) is 30.4 Å². The number of hydrogen-bond donors (Lipinski definition) is 2. The predicted octanol–water partition coefficient (Wildman–Crippen LogP) is 2.91. The molecule has 20 heavy (non-hydrogen) atoms. The Labute approximate surface area is 123 Å². The van der Waals surface area contributed by atoms with Crippen LogP contribution in [0.2, 0.25) is 0 Å². The van der Waals surface area contributed by atoms with Gasteiger partial charge in [0, 0.05) is 17.7 Å². The zero-order chi connectivity index (χ0) is 14.7. The Morgan fingerprint density at radius 3 is 2.80 bits per heavy atom. The highest BCUT2D eigenvalue weighted by Crippen LogP contribution is 2.19. The number of amides is 1. The number of furan rings is 1. The second kappa shape index (κ2) is 6.19. The lowest BCUT2D eigenvalue weighted by Gasteiger charge is -2.06. The van der Waals surface area contributed by atoms with Gasteiger partial charge in [-0.2, -0.15) is 0 Å². The van der Waals surface area contributed by atoms with Crippen molar-refractivity contribution in [3.8, 4) is 0 Å². The van der Waals surface area contributed by atoms with Crippen LogP contribution in [-0.4, -0.2) is 11.0 Å². The average molecular weight is 342 g/mol. The van der Waals surface area contributed by atoms with Crippen molar-refractivity contribution < 1.29 is 18.7 Å². The van der Waals surface area contributed by atoms with Crippen LogP contribution in [0.4, 0.5) is 4.39 Å². The molecule has 1 aromatic carbocycles. The molecule has 2 rings (SSSR count). The molecule has 0 radical (unpaired) electrons. The first-order valence-electron chi connectivity index (χ1n) is 5.93. The molecule has 0 aliphatic heterocycles. The lowest BCUT2D eigenvalue weighted by molar-refractivity contribution is 0.0921. The minimum atomic E-state index is -0.464. The summed E-state index contributed by atoms with van der Waals surface area (Å²) in [7, 11) is 0. The van der Waals surface area contributed by atoms with Crippen molar-refractivity contribution >= 4 is 21.8 Å². The second-order valence-electron chi connectivity index (χ2n) is 4.33. The van der Waals surface area contributed by atoms with E-state index >= 15 is 0 Å². The Kier molecular flexibility index (Phi) is 4.57. The normalized spacial score (nSPS) is 10.6. The first kappa shape index (κ1) is 14.7. The Hall–Kier alpha value is -1.66. The quantitative estimate of drug-likeness (QED) is 0.898. The molecule has 0 aliphatic carbocycles. The minimum absolute atomic E-state index is 0.202. The topological polar surface area (TPSA) is 62.5 Å². The summed E-state index contributed by atoms with van der Waals surface area (Å²) < 4.78 is 18.9. The summed E-state index contributed by atoms with van der Waals surface area (Å²) in [5, 5.41) is 11.7. The van der Waals surface area contributed by atoms with E-state index in [0.29, 0.717) is 10.2 Å². The molecule has 0 unspecified atom stereocenters. The molecule has 1 heterocycles. The first-order valence-corrected chi connectivity index (χ1v) is 6.73. The van der Waals surface area contributed by atoms with Crippen LogP contribution in [0.1, 0.15) is 27.2 Å². The maximum atomic E-state index is 13.2. The highest BCUT2D eigenvalue weighted by Gasteiger charge is 2.14. The number of aliphatic hydroxyl groups is 1. The van der Waals surface area contributed by atoms with E-state index in [2.05, 4.69) is 21.2 Å². The Morgan fingerprint density at radius 2 is 2.20 bits per heavy atom. The van der Waals surface area contributed by atoms with Gasteiger partial charge in [-0.1, -0.05) is 6.07 Å². The third-order valence-corrected chi connectivity index (χ3v) is 3.22. The van der Waals surface area contributed by atoms with Crippen molar-refractivity contribution in [2.24, 2.45) is 0 Å². The summed E-state index contributed by atoms with van der Waals surface area (Å²) >= 11 is 3.16. The lowest BCUT2D eigenvalue weighted by Crippen LogP contribution is -2.23. The van der Waals surface area contributed by atoms with Gasteiger partial charge in [0.25, 0.3) is 5.91 Å². The average Bonchev–Trinajstić information content (AvgIpc) is 2.76. The van der Waals surface area contributed by atoms with E-state index in [1.807, 2.05) is 0 Å². The molecule has 0 saturated carbocycles. The van der Waals surface area contributed by atoms with Gasteiger partial charge in [0.1, 0.15) is 5.82 Å². The third-order valence-electron chi connectivity index (χ3n) is 2.83. The third kappa shape index (κ3) is 3.26. The summed E-state index contributed by atoms with van der Waals surface area (Å²) in [6.07, 6.45) is 0. The van der Waals surface area contributed by atoms with Gasteiger partial charge >= 0.3 is 0 Å². The number of carbonyl (C=O) groups is 1. The van der Waals surface area contributed by atoms with E-state index in [1.54, 1.807) is 19.1 Å². The van der Waals surface area contributed by atoms with Crippen LogP contribution >= 0.6 is 15.9 Å². The number of nitrogens with one attached hydrogen (secondary N) is 1. The largest absolute Gasteiger partial charge is 0.444 e. The Morgan fingerprint density at radius 1 is 1.45 bits per heavy atom. The monoisotopic (exact) mass is 341 g/mol. The summed E-state index contributed by atoms with van der Waals surface area (Å²) in [5.41, 5.74) is 1.63. The fraction of sp³-hybridized carbons (Fsp3) is 0.214. The van der Waals surface area contributed by atoms with Gasteiger partial charge < -0.3 is 14.8 Å². The first-order chi connectivity index (χ1) is 9.51. The van der Waals surface area contributed by atoms with E-state index < -0.39 is 5.82 Å². The van der Waals surface area contributed by atoms with Gasteiger partial charge in [-0.05, 0) is 46.6 Å². The second-order valence-corrected chi connectivity index (χ2v) is 5.11. The lowest BCUT2D eigenvalue weighted by atomic mass is 10.1. The van der Waals surface area contributed by atoms with Crippen LogP contribution in [0.3, 0.4) is 0 Å². The van der Waals surface area contributed by atoms with Gasteiger partial charge in [-0.25, -0.2) is 4.39 Å². The van der Waals surface area contributed by atoms with Crippen molar-refractivity contribution in [3.05, 3.63) is 57.2 Å². The van der Waals surface area contributed by atoms with Crippen LogP contribution in [0.5, 0.6) is 0 Å². The Balaban J connectivity index is 2.05. The Bertz CT molecular complexity index is 639. The fourth-order valence-electron chi connectivity index (χ4n) is 1.79. The standard InChI is InChI=1S/C14H13BrFNO3/c1-8-4-12(15)20-13(8)14(19)17-6-9-2-3-11(16)10(5-9)7-18/h2-5,18H,6-7H2,1H3,(H,17,19). The maximum Gasteiger partial charge on any atom is 0.287 e. The van der Waals surface area contributed by atoms with Crippen molar-refractivity contribution in [1.82, 2.24) is 5.32 Å². The van der Waals surface area contributed by atoms with E-state index in [4.69, 9.17) is 9.52 Å². The molecule has 0 atom stereocenters. The summed E-state index contributed by atoms with van der Waals surface area (Å²) in [4.78, 5) is 11.9. The molecule has 0 spiro atoms. The van der Waals surface area contributed by atoms with Crippen LogP contribution in [-0.2, 0) is 13.2 Å². The molecule has 0 aliphatic rings. The maximum absolute atomic E-state index is 13.2. The fourth-order valence-corrected chi connectivity index (χ4v) is 2.30. The van der Waals surface area contributed by atoms with Gasteiger partial charge in [0.05, 0.1) is 6.61 Å². The molecule has 1 aromatic heterocycles. The van der Waals surface area contributed by atoms with Gasteiger partial charge in [-0.3, -0.25) is 4.79 Å².